The number of hydrogen-bond donors (Lipinski definition) is 0. The molecular weight excluding hydrogens is 386 g/mol. The maximum absolute atomic E-state index is 13.2. The van der Waals surface area contributed by atoms with E-state index in [0.717, 1.165) is 5.56 Å². The molecule has 0 bridgehead atoms. The lowest BCUT2D eigenvalue weighted by molar-refractivity contribution is 0.0944. The van der Waals surface area contributed by atoms with Gasteiger partial charge in [-0.05, 0) is 29.0 Å². The fraction of sp³-hybridized carbons (Fsp3) is 0.348. The Morgan fingerprint density at radius 3 is 2.34 bits per heavy atom. The van der Waals surface area contributed by atoms with Crippen molar-refractivity contribution in [3.05, 3.63) is 64.7 Å². The molecule has 1 aromatic heterocycles. The molecule has 0 aliphatic carbocycles. The highest BCUT2D eigenvalue weighted by molar-refractivity contribution is 6.33. The van der Waals surface area contributed by atoms with Crippen molar-refractivity contribution in [1.82, 2.24) is 14.8 Å². The largest absolute Gasteiger partial charge is 0.462 e. The summed E-state index contributed by atoms with van der Waals surface area (Å²) in [5, 5.41) is 4.69. The second kappa shape index (κ2) is 8.37. The topological polar surface area (TPSA) is 57.0 Å². The zero-order valence-electron chi connectivity index (χ0n) is 17.4. The lowest BCUT2D eigenvalue weighted by Gasteiger charge is -2.19. The number of benzene rings is 2. The molecule has 2 aromatic carbocycles. The molecule has 0 aliphatic rings. The van der Waals surface area contributed by atoms with Crippen molar-refractivity contribution in [3.63, 3.8) is 0 Å². The Morgan fingerprint density at radius 2 is 1.76 bits per heavy atom. The quantitative estimate of drug-likeness (QED) is 0.546. The number of ether oxygens (including phenoxy) is 1. The summed E-state index contributed by atoms with van der Waals surface area (Å²) in [6.45, 7) is 11.0. The van der Waals surface area contributed by atoms with Crippen molar-refractivity contribution in [2.75, 3.05) is 6.61 Å². The minimum Gasteiger partial charge on any atom is -0.462 e. The Kier molecular flexibility index (Phi) is 6.08. The van der Waals surface area contributed by atoms with Crippen LogP contribution < -0.4 is 4.74 Å². The van der Waals surface area contributed by atoms with E-state index in [1.165, 1.54) is 10.2 Å². The first kappa shape index (κ1) is 21.1. The van der Waals surface area contributed by atoms with E-state index in [0.29, 0.717) is 28.9 Å². The summed E-state index contributed by atoms with van der Waals surface area (Å²) in [5.74, 6) is 0.391. The van der Waals surface area contributed by atoms with Crippen LogP contribution in [0.5, 0.6) is 6.01 Å². The van der Waals surface area contributed by atoms with Crippen LogP contribution in [0.15, 0.2) is 48.5 Å². The third-order valence-electron chi connectivity index (χ3n) is 4.44. The van der Waals surface area contributed by atoms with Crippen LogP contribution in [0.3, 0.4) is 0 Å². The standard InChI is InChI=1S/C23H26ClN3O2/c1-15(2)14-29-22-25-20(16-10-12-17(13-11-16)23(3,4)5)27(26-22)21(28)18-8-6-7-9-19(18)24/h6-13,15H,14H2,1-5H3. The Labute approximate surface area is 176 Å². The highest BCUT2D eigenvalue weighted by atomic mass is 35.5. The zero-order chi connectivity index (χ0) is 21.2. The zero-order valence-corrected chi connectivity index (χ0v) is 18.2. The van der Waals surface area contributed by atoms with Crippen LogP contribution in [0.2, 0.25) is 5.02 Å². The van der Waals surface area contributed by atoms with Crippen molar-refractivity contribution in [2.24, 2.45) is 5.92 Å². The Balaban J connectivity index is 2.05. The van der Waals surface area contributed by atoms with Crippen molar-refractivity contribution in [2.45, 2.75) is 40.0 Å². The van der Waals surface area contributed by atoms with Crippen LogP contribution in [0.1, 0.15) is 50.5 Å². The molecule has 5 nitrogen and oxygen atoms in total. The van der Waals surface area contributed by atoms with E-state index >= 15 is 0 Å². The van der Waals surface area contributed by atoms with Gasteiger partial charge in [0.05, 0.1) is 17.2 Å². The van der Waals surface area contributed by atoms with Crippen LogP contribution in [0.4, 0.5) is 0 Å². The van der Waals surface area contributed by atoms with Gasteiger partial charge in [-0.25, -0.2) is 0 Å². The monoisotopic (exact) mass is 411 g/mol. The molecule has 6 heteroatoms. The summed E-state index contributed by atoms with van der Waals surface area (Å²) in [6.07, 6.45) is 0. The van der Waals surface area contributed by atoms with E-state index in [9.17, 15) is 4.79 Å². The second-order valence-electron chi connectivity index (χ2n) is 8.45. The number of aromatic nitrogens is 3. The predicted octanol–water partition coefficient (Wildman–Crippen LogP) is 5.62. The first-order valence-corrected chi connectivity index (χ1v) is 10.0. The highest BCUT2D eigenvalue weighted by Crippen LogP contribution is 2.27. The lowest BCUT2D eigenvalue weighted by atomic mass is 9.87. The fourth-order valence-electron chi connectivity index (χ4n) is 2.79. The summed E-state index contributed by atoms with van der Waals surface area (Å²) in [5.41, 5.74) is 2.37. The highest BCUT2D eigenvalue weighted by Gasteiger charge is 2.22. The van der Waals surface area contributed by atoms with Gasteiger partial charge in [-0.1, -0.05) is 82.6 Å². The molecular formula is C23H26ClN3O2. The molecule has 0 N–H and O–H groups in total. The molecule has 3 aromatic rings. The summed E-state index contributed by atoms with van der Waals surface area (Å²) < 4.78 is 6.94. The fourth-order valence-corrected chi connectivity index (χ4v) is 3.01. The maximum atomic E-state index is 13.2. The SMILES string of the molecule is CC(C)COc1nc(-c2ccc(C(C)(C)C)cc2)n(C(=O)c2ccccc2Cl)n1. The van der Waals surface area contributed by atoms with Crippen molar-refractivity contribution < 1.29 is 9.53 Å². The molecule has 1 heterocycles. The minimum atomic E-state index is -0.350. The van der Waals surface area contributed by atoms with E-state index in [1.54, 1.807) is 24.3 Å². The van der Waals surface area contributed by atoms with Gasteiger partial charge in [-0.3, -0.25) is 4.79 Å². The van der Waals surface area contributed by atoms with Gasteiger partial charge in [-0.15, -0.1) is 5.10 Å². The number of rotatable bonds is 5. The number of carbonyl (C=O) groups excluding carboxylic acids is 1. The molecule has 0 spiro atoms. The van der Waals surface area contributed by atoms with Crippen LogP contribution >= 0.6 is 11.6 Å². The first-order chi connectivity index (χ1) is 13.7. The molecule has 0 saturated heterocycles. The molecule has 0 saturated carbocycles. The van der Waals surface area contributed by atoms with Gasteiger partial charge in [0, 0.05) is 5.56 Å². The third kappa shape index (κ3) is 4.85. The smallest absolute Gasteiger partial charge is 0.336 e. The van der Waals surface area contributed by atoms with Crippen LogP contribution in [0.25, 0.3) is 11.4 Å². The average molecular weight is 412 g/mol. The van der Waals surface area contributed by atoms with E-state index in [4.69, 9.17) is 16.3 Å². The molecule has 152 valence electrons. The van der Waals surface area contributed by atoms with Gasteiger partial charge in [-0.2, -0.15) is 9.67 Å². The Bertz CT molecular complexity index is 1000. The van der Waals surface area contributed by atoms with Gasteiger partial charge < -0.3 is 4.74 Å². The first-order valence-electron chi connectivity index (χ1n) is 9.67. The number of hydrogen-bond acceptors (Lipinski definition) is 4. The Hall–Kier alpha value is -2.66. The number of nitrogens with zero attached hydrogens (tertiary/aromatic N) is 3. The van der Waals surface area contributed by atoms with Crippen molar-refractivity contribution in [3.8, 4) is 17.4 Å². The molecule has 0 aliphatic heterocycles. The maximum Gasteiger partial charge on any atom is 0.336 e. The average Bonchev–Trinajstić information content (AvgIpc) is 3.10. The molecule has 0 atom stereocenters. The molecule has 3 rings (SSSR count). The normalized spacial score (nSPS) is 11.7. The summed E-state index contributed by atoms with van der Waals surface area (Å²) in [7, 11) is 0. The van der Waals surface area contributed by atoms with Gasteiger partial charge in [0.1, 0.15) is 0 Å². The van der Waals surface area contributed by atoms with Crippen LogP contribution in [0, 0.1) is 5.92 Å². The van der Waals surface area contributed by atoms with E-state index in [-0.39, 0.29) is 17.3 Å². The summed E-state index contributed by atoms with van der Waals surface area (Å²) in [4.78, 5) is 17.6. The number of carbonyl (C=O) groups is 1. The molecule has 0 radical (unpaired) electrons. The van der Waals surface area contributed by atoms with E-state index in [2.05, 4.69) is 30.9 Å². The van der Waals surface area contributed by atoms with Gasteiger partial charge >= 0.3 is 6.01 Å². The predicted molar refractivity (Wildman–Crippen MR) is 116 cm³/mol. The lowest BCUT2D eigenvalue weighted by Crippen LogP contribution is -2.16. The summed E-state index contributed by atoms with van der Waals surface area (Å²) in [6, 6.07) is 15.1. The van der Waals surface area contributed by atoms with E-state index < -0.39 is 0 Å². The van der Waals surface area contributed by atoms with E-state index in [1.807, 2.05) is 38.1 Å². The molecule has 0 amide bonds. The second-order valence-corrected chi connectivity index (χ2v) is 8.85. The van der Waals surface area contributed by atoms with Crippen LogP contribution in [-0.4, -0.2) is 27.3 Å². The minimum absolute atomic E-state index is 0.0329. The van der Waals surface area contributed by atoms with Gasteiger partial charge in [0.25, 0.3) is 5.91 Å². The third-order valence-corrected chi connectivity index (χ3v) is 4.77. The molecule has 0 unspecified atom stereocenters. The van der Waals surface area contributed by atoms with Gasteiger partial charge in [0.2, 0.25) is 0 Å². The molecule has 0 fully saturated rings. The van der Waals surface area contributed by atoms with Crippen molar-refractivity contribution >= 4 is 17.5 Å². The van der Waals surface area contributed by atoms with Crippen molar-refractivity contribution in [1.29, 1.82) is 0 Å². The Morgan fingerprint density at radius 1 is 1.10 bits per heavy atom. The number of halogens is 1. The molecule has 29 heavy (non-hydrogen) atoms. The van der Waals surface area contributed by atoms with Crippen LogP contribution in [-0.2, 0) is 5.41 Å². The summed E-state index contributed by atoms with van der Waals surface area (Å²) >= 11 is 6.23. The van der Waals surface area contributed by atoms with Gasteiger partial charge in [0.15, 0.2) is 5.82 Å².